The number of ether oxygens (including phenoxy) is 1. The summed E-state index contributed by atoms with van der Waals surface area (Å²) in [5.41, 5.74) is 9.06. The molecule has 21 heavy (non-hydrogen) atoms. The summed E-state index contributed by atoms with van der Waals surface area (Å²) < 4.78 is 5.20. The molecule has 1 aliphatic heterocycles. The fourth-order valence-electron chi connectivity index (χ4n) is 2.52. The summed E-state index contributed by atoms with van der Waals surface area (Å²) >= 11 is 0. The predicted octanol–water partition coefficient (Wildman–Crippen LogP) is 2.94. The molecule has 1 aliphatic rings. The summed E-state index contributed by atoms with van der Waals surface area (Å²) in [6.07, 6.45) is 0.689. The normalized spacial score (nSPS) is 17.9. The zero-order valence-electron chi connectivity index (χ0n) is 11.9. The minimum atomic E-state index is 0.136. The van der Waals surface area contributed by atoms with Gasteiger partial charge in [-0.2, -0.15) is 5.10 Å². The van der Waals surface area contributed by atoms with E-state index in [-0.39, 0.29) is 5.92 Å². The highest BCUT2D eigenvalue weighted by Gasteiger charge is 2.24. The van der Waals surface area contributed by atoms with Gasteiger partial charge < -0.3 is 10.5 Å². The average molecular weight is 279 g/mol. The van der Waals surface area contributed by atoms with Crippen LogP contribution in [0.1, 0.15) is 23.5 Å². The Kier molecular flexibility index (Phi) is 3.69. The lowest BCUT2D eigenvalue weighted by molar-refractivity contribution is 0.415. The minimum absolute atomic E-state index is 0.136. The van der Waals surface area contributed by atoms with E-state index in [0.717, 1.165) is 17.0 Å². The third-order valence-corrected chi connectivity index (χ3v) is 3.62. The zero-order valence-corrected chi connectivity index (χ0v) is 11.9. The second-order valence-corrected chi connectivity index (χ2v) is 4.97. The van der Waals surface area contributed by atoms with Gasteiger partial charge in [-0.3, -0.25) is 0 Å². The molecule has 0 fully saturated rings. The molecule has 106 valence electrons. The number of hydrogen-bond donors (Lipinski definition) is 1. The first-order chi connectivity index (χ1) is 10.3. The summed E-state index contributed by atoms with van der Waals surface area (Å²) in [4.78, 5) is 0. The molecular formula is C17H17N3O. The zero-order chi connectivity index (χ0) is 14.7. The Bertz CT molecular complexity index is 675. The molecule has 4 heteroatoms. The molecule has 0 bridgehead atoms. The van der Waals surface area contributed by atoms with Crippen molar-refractivity contribution < 1.29 is 4.74 Å². The van der Waals surface area contributed by atoms with Crippen LogP contribution in [0.3, 0.4) is 0 Å². The lowest BCUT2D eigenvalue weighted by Crippen LogP contribution is -2.25. The van der Waals surface area contributed by atoms with E-state index in [1.807, 2.05) is 42.5 Å². The molecule has 1 heterocycles. The van der Waals surface area contributed by atoms with Gasteiger partial charge in [-0.15, -0.1) is 5.10 Å². The van der Waals surface area contributed by atoms with Crippen LogP contribution >= 0.6 is 0 Å². The first-order valence-corrected chi connectivity index (χ1v) is 6.87. The second-order valence-electron chi connectivity index (χ2n) is 4.97. The third kappa shape index (κ3) is 2.79. The lowest BCUT2D eigenvalue weighted by atomic mass is 9.86. The largest absolute Gasteiger partial charge is 0.497 e. The Balaban J connectivity index is 1.99. The highest BCUT2D eigenvalue weighted by atomic mass is 16.5. The summed E-state index contributed by atoms with van der Waals surface area (Å²) in [7, 11) is 1.66. The van der Waals surface area contributed by atoms with Crippen LogP contribution in [0.15, 0.2) is 64.8 Å². The Hall–Kier alpha value is -2.62. The van der Waals surface area contributed by atoms with Crippen molar-refractivity contribution in [1.29, 1.82) is 0 Å². The van der Waals surface area contributed by atoms with Crippen molar-refractivity contribution in [3.05, 3.63) is 65.7 Å². The van der Waals surface area contributed by atoms with Gasteiger partial charge in [-0.1, -0.05) is 30.3 Å². The van der Waals surface area contributed by atoms with Gasteiger partial charge in [0, 0.05) is 12.3 Å². The molecule has 0 radical (unpaired) electrons. The van der Waals surface area contributed by atoms with E-state index < -0.39 is 0 Å². The maximum Gasteiger partial charge on any atom is 0.123 e. The number of benzene rings is 2. The van der Waals surface area contributed by atoms with Crippen LogP contribution in [0.2, 0.25) is 0 Å². The van der Waals surface area contributed by atoms with Crippen molar-refractivity contribution in [3.63, 3.8) is 0 Å². The minimum Gasteiger partial charge on any atom is -0.497 e. The Labute approximate surface area is 124 Å². The van der Waals surface area contributed by atoms with Gasteiger partial charge in [0.2, 0.25) is 0 Å². The van der Waals surface area contributed by atoms with Crippen molar-refractivity contribution in [1.82, 2.24) is 0 Å². The molecule has 0 amide bonds. The smallest absolute Gasteiger partial charge is 0.123 e. The second kappa shape index (κ2) is 5.79. The molecule has 2 N–H and O–H groups in total. The molecule has 4 nitrogen and oxygen atoms in total. The first-order valence-electron chi connectivity index (χ1n) is 6.87. The fourth-order valence-corrected chi connectivity index (χ4v) is 2.52. The van der Waals surface area contributed by atoms with Crippen LogP contribution in [-0.2, 0) is 0 Å². The highest BCUT2D eigenvalue weighted by Crippen LogP contribution is 2.28. The van der Waals surface area contributed by atoms with E-state index in [1.165, 1.54) is 5.56 Å². The van der Waals surface area contributed by atoms with Crippen molar-refractivity contribution in [2.24, 2.45) is 15.9 Å². The average Bonchev–Trinajstić information content (AvgIpc) is 2.56. The predicted molar refractivity (Wildman–Crippen MR) is 85.0 cm³/mol. The van der Waals surface area contributed by atoms with Gasteiger partial charge in [-0.05, 0) is 35.4 Å². The topological polar surface area (TPSA) is 60.0 Å². The molecule has 3 rings (SSSR count). The summed E-state index contributed by atoms with van der Waals surface area (Å²) in [5.74, 6) is 1.53. The van der Waals surface area contributed by atoms with Crippen LogP contribution < -0.4 is 10.5 Å². The van der Waals surface area contributed by atoms with Gasteiger partial charge in [0.05, 0.1) is 12.8 Å². The van der Waals surface area contributed by atoms with E-state index >= 15 is 0 Å². The fraction of sp³-hybridized carbons (Fsp3) is 0.176. The molecule has 2 aromatic rings. The molecule has 1 unspecified atom stereocenters. The van der Waals surface area contributed by atoms with Gasteiger partial charge in [0.15, 0.2) is 0 Å². The molecule has 0 aliphatic carbocycles. The SMILES string of the molecule is COc1ccc(C2=NN=C(N)CC2c2ccccc2)cc1. The van der Waals surface area contributed by atoms with Crippen LogP contribution in [0, 0.1) is 0 Å². The molecule has 1 atom stereocenters. The number of nitrogens with zero attached hydrogens (tertiary/aromatic N) is 2. The van der Waals surface area contributed by atoms with Crippen LogP contribution in [0.4, 0.5) is 0 Å². The van der Waals surface area contributed by atoms with Crippen LogP contribution in [0.25, 0.3) is 0 Å². The van der Waals surface area contributed by atoms with Crippen LogP contribution in [-0.4, -0.2) is 18.7 Å². The van der Waals surface area contributed by atoms with Gasteiger partial charge in [0.1, 0.15) is 11.6 Å². The van der Waals surface area contributed by atoms with Gasteiger partial charge >= 0.3 is 0 Å². The Morgan fingerprint density at radius 1 is 1.00 bits per heavy atom. The molecular weight excluding hydrogens is 262 g/mol. The Morgan fingerprint density at radius 2 is 1.71 bits per heavy atom. The third-order valence-electron chi connectivity index (χ3n) is 3.62. The highest BCUT2D eigenvalue weighted by molar-refractivity contribution is 6.08. The van der Waals surface area contributed by atoms with E-state index in [2.05, 4.69) is 22.3 Å². The quantitative estimate of drug-likeness (QED) is 0.939. The lowest BCUT2D eigenvalue weighted by Gasteiger charge is -2.22. The molecule has 0 saturated heterocycles. The number of hydrogen-bond acceptors (Lipinski definition) is 4. The van der Waals surface area contributed by atoms with Gasteiger partial charge in [-0.25, -0.2) is 0 Å². The van der Waals surface area contributed by atoms with Gasteiger partial charge in [0.25, 0.3) is 0 Å². The molecule has 2 aromatic carbocycles. The molecule has 0 aromatic heterocycles. The number of nitrogens with two attached hydrogens (primary N) is 1. The Morgan fingerprint density at radius 3 is 2.38 bits per heavy atom. The number of methoxy groups -OCH3 is 1. The standard InChI is InChI=1S/C17H17N3O/c1-21-14-9-7-13(8-10-14)17-15(11-16(18)19-20-17)12-5-3-2-4-6-12/h2-10,15H,11H2,1H3,(H2,18,19). The maximum absolute atomic E-state index is 5.87. The summed E-state index contributed by atoms with van der Waals surface area (Å²) in [6, 6.07) is 18.1. The van der Waals surface area contributed by atoms with Crippen molar-refractivity contribution in [2.45, 2.75) is 12.3 Å². The molecule has 0 spiro atoms. The monoisotopic (exact) mass is 279 g/mol. The first kappa shape index (κ1) is 13.4. The summed E-state index contributed by atoms with van der Waals surface area (Å²) in [5, 5.41) is 8.39. The van der Waals surface area contributed by atoms with E-state index in [1.54, 1.807) is 7.11 Å². The van der Waals surface area contributed by atoms with Crippen molar-refractivity contribution in [3.8, 4) is 5.75 Å². The van der Waals surface area contributed by atoms with E-state index in [4.69, 9.17) is 10.5 Å². The van der Waals surface area contributed by atoms with E-state index in [9.17, 15) is 0 Å². The van der Waals surface area contributed by atoms with Crippen molar-refractivity contribution >= 4 is 11.5 Å². The van der Waals surface area contributed by atoms with Crippen LogP contribution in [0.5, 0.6) is 5.75 Å². The van der Waals surface area contributed by atoms with Crippen molar-refractivity contribution in [2.75, 3.05) is 7.11 Å². The summed E-state index contributed by atoms with van der Waals surface area (Å²) in [6.45, 7) is 0. The van der Waals surface area contributed by atoms with E-state index in [0.29, 0.717) is 12.3 Å². The number of amidine groups is 1. The maximum atomic E-state index is 5.87. The number of rotatable bonds is 3. The molecule has 0 saturated carbocycles.